The van der Waals surface area contributed by atoms with Crippen molar-refractivity contribution < 1.29 is 18.3 Å². The number of carbonyl (C=O) groups excluding carboxylic acids is 1. The molecule has 178 valence electrons. The average Bonchev–Trinajstić information content (AvgIpc) is 2.85. The van der Waals surface area contributed by atoms with E-state index < -0.39 is 10.0 Å². The monoisotopic (exact) mass is 486 g/mol. The fraction of sp³-hybridized carbons (Fsp3) is 0.250. The van der Waals surface area contributed by atoms with Crippen molar-refractivity contribution in [3.8, 4) is 11.8 Å². The second kappa shape index (κ2) is 9.31. The molecule has 2 fully saturated rings. The quantitative estimate of drug-likeness (QED) is 0.576. The number of amides is 1. The molecule has 1 amide bonds. The highest BCUT2D eigenvalue weighted by Gasteiger charge is 2.55. The Bertz CT molecular complexity index is 1410. The van der Waals surface area contributed by atoms with E-state index in [1.165, 1.54) is 4.31 Å². The van der Waals surface area contributed by atoms with Gasteiger partial charge in [0, 0.05) is 23.6 Å². The van der Waals surface area contributed by atoms with Crippen LogP contribution < -0.4 is 0 Å². The molecule has 0 radical (unpaired) electrons. The lowest BCUT2D eigenvalue weighted by Crippen LogP contribution is -2.73. The molecular formula is C28H26N2O4S. The van der Waals surface area contributed by atoms with Crippen LogP contribution in [-0.2, 0) is 14.8 Å². The third-order valence-electron chi connectivity index (χ3n) is 6.85. The first-order valence-corrected chi connectivity index (χ1v) is 13.0. The number of benzene rings is 3. The van der Waals surface area contributed by atoms with Gasteiger partial charge in [-0.3, -0.25) is 4.79 Å². The summed E-state index contributed by atoms with van der Waals surface area (Å²) in [7, 11) is -3.81. The number of fused-ring (bicyclic) bond motifs is 1. The molecule has 2 saturated heterocycles. The van der Waals surface area contributed by atoms with Gasteiger partial charge in [0.05, 0.1) is 30.1 Å². The largest absolute Gasteiger partial charge is 0.394 e. The summed E-state index contributed by atoms with van der Waals surface area (Å²) < 4.78 is 28.0. The van der Waals surface area contributed by atoms with Gasteiger partial charge in [0.2, 0.25) is 15.9 Å². The van der Waals surface area contributed by atoms with Crippen molar-refractivity contribution in [3.05, 3.63) is 101 Å². The van der Waals surface area contributed by atoms with Crippen molar-refractivity contribution in [1.82, 2.24) is 9.21 Å². The van der Waals surface area contributed by atoms with Crippen molar-refractivity contribution in [2.75, 3.05) is 19.7 Å². The standard InChI is InChI=1S/C28H26N2O4S/c1-20-7-5-6-10-26(20)35(33,34)29-17-24-28(25(19-31)30(24)27(32)18-29)23-15-13-22(14-16-23)12-11-21-8-3-2-4-9-21/h2-10,13-16,24-25,28,31H,17-19H2,1H3/t24-,25-,28-/m0/s1. The second-order valence-electron chi connectivity index (χ2n) is 8.95. The number of carbonyl (C=O) groups is 1. The Morgan fingerprint density at radius 2 is 1.54 bits per heavy atom. The van der Waals surface area contributed by atoms with Gasteiger partial charge >= 0.3 is 0 Å². The number of aliphatic hydroxyl groups is 1. The summed E-state index contributed by atoms with van der Waals surface area (Å²) in [5.41, 5.74) is 3.39. The lowest BCUT2D eigenvalue weighted by Gasteiger charge is -2.58. The summed E-state index contributed by atoms with van der Waals surface area (Å²) in [6.45, 7) is 1.55. The van der Waals surface area contributed by atoms with Gasteiger partial charge in [0.25, 0.3) is 0 Å². The predicted octanol–water partition coefficient (Wildman–Crippen LogP) is 2.75. The number of nitrogens with zero attached hydrogens (tertiary/aromatic N) is 2. The van der Waals surface area contributed by atoms with Crippen LogP contribution in [0.1, 0.15) is 28.2 Å². The summed E-state index contributed by atoms with van der Waals surface area (Å²) in [6.07, 6.45) is 0. The molecule has 7 heteroatoms. The molecule has 2 heterocycles. The molecule has 0 aliphatic carbocycles. The third kappa shape index (κ3) is 4.25. The zero-order valence-corrected chi connectivity index (χ0v) is 20.2. The van der Waals surface area contributed by atoms with E-state index >= 15 is 0 Å². The first-order valence-electron chi connectivity index (χ1n) is 11.5. The zero-order chi connectivity index (χ0) is 24.6. The molecule has 2 aliphatic rings. The molecule has 3 aromatic carbocycles. The van der Waals surface area contributed by atoms with Gasteiger partial charge in [-0.2, -0.15) is 4.31 Å². The highest BCUT2D eigenvalue weighted by atomic mass is 32.2. The third-order valence-corrected chi connectivity index (χ3v) is 8.82. The Hall–Kier alpha value is -3.44. The normalized spacial score (nSPS) is 22.1. The maximum absolute atomic E-state index is 13.3. The van der Waals surface area contributed by atoms with Crippen LogP contribution in [0.25, 0.3) is 0 Å². The van der Waals surface area contributed by atoms with Crippen molar-refractivity contribution in [3.63, 3.8) is 0 Å². The molecular weight excluding hydrogens is 460 g/mol. The molecule has 0 saturated carbocycles. The number of aryl methyl sites for hydroxylation is 1. The van der Waals surface area contributed by atoms with Crippen LogP contribution in [0.3, 0.4) is 0 Å². The first kappa shape index (κ1) is 23.3. The molecule has 5 rings (SSSR count). The molecule has 3 aromatic rings. The minimum absolute atomic E-state index is 0.157. The zero-order valence-electron chi connectivity index (χ0n) is 19.3. The fourth-order valence-corrected chi connectivity index (χ4v) is 6.73. The Morgan fingerprint density at radius 3 is 2.20 bits per heavy atom. The number of hydrogen-bond donors (Lipinski definition) is 1. The van der Waals surface area contributed by atoms with E-state index in [9.17, 15) is 18.3 Å². The topological polar surface area (TPSA) is 77.9 Å². The Morgan fingerprint density at radius 1 is 0.914 bits per heavy atom. The molecule has 3 atom stereocenters. The van der Waals surface area contributed by atoms with Crippen LogP contribution in [0.2, 0.25) is 0 Å². The van der Waals surface area contributed by atoms with Gasteiger partial charge in [-0.05, 0) is 48.4 Å². The molecule has 2 aliphatic heterocycles. The maximum Gasteiger partial charge on any atom is 0.243 e. The minimum Gasteiger partial charge on any atom is -0.394 e. The molecule has 6 nitrogen and oxygen atoms in total. The number of piperazine rings is 1. The highest BCUT2D eigenvalue weighted by molar-refractivity contribution is 7.89. The minimum atomic E-state index is -3.81. The number of sulfonamides is 1. The summed E-state index contributed by atoms with van der Waals surface area (Å²) >= 11 is 0. The summed E-state index contributed by atoms with van der Waals surface area (Å²) in [5, 5.41) is 10.0. The van der Waals surface area contributed by atoms with Crippen molar-refractivity contribution in [1.29, 1.82) is 0 Å². The molecule has 0 unspecified atom stereocenters. The van der Waals surface area contributed by atoms with Crippen molar-refractivity contribution in [2.24, 2.45) is 0 Å². The first-order chi connectivity index (χ1) is 16.9. The van der Waals surface area contributed by atoms with Crippen LogP contribution in [-0.4, -0.2) is 60.4 Å². The van der Waals surface area contributed by atoms with E-state index in [4.69, 9.17) is 0 Å². The number of rotatable bonds is 4. The summed E-state index contributed by atoms with van der Waals surface area (Å²) in [4.78, 5) is 14.8. The van der Waals surface area contributed by atoms with E-state index in [2.05, 4.69) is 11.8 Å². The van der Waals surface area contributed by atoms with Gasteiger partial charge in [0.1, 0.15) is 0 Å². The highest BCUT2D eigenvalue weighted by Crippen LogP contribution is 2.43. The predicted molar refractivity (Wildman–Crippen MR) is 133 cm³/mol. The van der Waals surface area contributed by atoms with Gasteiger partial charge < -0.3 is 10.0 Å². The van der Waals surface area contributed by atoms with Crippen molar-refractivity contribution in [2.45, 2.75) is 29.8 Å². The van der Waals surface area contributed by atoms with Crippen LogP contribution in [0.5, 0.6) is 0 Å². The van der Waals surface area contributed by atoms with Gasteiger partial charge in [0.15, 0.2) is 0 Å². The smallest absolute Gasteiger partial charge is 0.243 e. The van der Waals surface area contributed by atoms with Crippen LogP contribution in [0.15, 0.2) is 83.8 Å². The summed E-state index contributed by atoms with van der Waals surface area (Å²) in [5.74, 6) is 5.85. The molecule has 0 bridgehead atoms. The van der Waals surface area contributed by atoms with Crippen molar-refractivity contribution >= 4 is 15.9 Å². The maximum atomic E-state index is 13.3. The average molecular weight is 487 g/mol. The summed E-state index contributed by atoms with van der Waals surface area (Å²) in [6, 6.07) is 23.6. The lowest BCUT2D eigenvalue weighted by atomic mass is 9.74. The second-order valence-corrected chi connectivity index (χ2v) is 10.9. The van der Waals surface area contributed by atoms with E-state index in [1.807, 2.05) is 54.6 Å². The Labute approximate surface area is 205 Å². The number of aliphatic hydroxyl groups excluding tert-OH is 1. The van der Waals surface area contributed by atoms with Crippen LogP contribution in [0, 0.1) is 18.8 Å². The van der Waals surface area contributed by atoms with Gasteiger partial charge in [-0.1, -0.05) is 60.4 Å². The van der Waals surface area contributed by atoms with E-state index in [-0.39, 0.29) is 48.5 Å². The fourth-order valence-electron chi connectivity index (χ4n) is 5.09. The molecule has 35 heavy (non-hydrogen) atoms. The number of hydrogen-bond acceptors (Lipinski definition) is 4. The van der Waals surface area contributed by atoms with Crippen LogP contribution in [0.4, 0.5) is 0 Å². The molecule has 0 spiro atoms. The van der Waals surface area contributed by atoms with E-state index in [1.54, 1.807) is 36.1 Å². The van der Waals surface area contributed by atoms with Gasteiger partial charge in [-0.15, -0.1) is 0 Å². The Kier molecular flexibility index (Phi) is 6.20. The Balaban J connectivity index is 1.39. The molecule has 1 N–H and O–H groups in total. The van der Waals surface area contributed by atoms with Crippen LogP contribution >= 0.6 is 0 Å². The SMILES string of the molecule is Cc1ccccc1S(=O)(=O)N1CC(=O)N2[C@@H](CO)[C@@H](c3ccc(C#Cc4ccccc4)cc3)[C@@H]2C1. The van der Waals surface area contributed by atoms with Gasteiger partial charge in [-0.25, -0.2) is 8.42 Å². The van der Waals surface area contributed by atoms with E-state index in [0.29, 0.717) is 5.56 Å². The lowest BCUT2D eigenvalue weighted by molar-refractivity contribution is -0.158. The van der Waals surface area contributed by atoms with E-state index in [0.717, 1.165) is 16.7 Å². The molecule has 0 aromatic heterocycles.